The second-order valence-electron chi connectivity index (χ2n) is 3.83. The van der Waals surface area contributed by atoms with E-state index in [0.29, 0.717) is 28.5 Å². The predicted molar refractivity (Wildman–Crippen MR) is 64.3 cm³/mol. The summed E-state index contributed by atoms with van der Waals surface area (Å²) in [6.45, 7) is 0. The molecule has 9 nitrogen and oxygen atoms in total. The SMILES string of the molecule is O=c1[nH]c2nc3nc(-c4cnccn4)ncc3n2[nH]1. The Hall–Kier alpha value is -3.10. The Bertz CT molecular complexity index is 934. The second-order valence-corrected chi connectivity index (χ2v) is 3.83. The van der Waals surface area contributed by atoms with Crippen molar-refractivity contribution in [3.8, 4) is 11.5 Å². The number of aromatic nitrogens is 8. The molecule has 0 saturated heterocycles. The zero-order chi connectivity index (χ0) is 12.8. The van der Waals surface area contributed by atoms with Crippen LogP contribution in [0.4, 0.5) is 0 Å². The number of fused-ring (bicyclic) bond motifs is 3. The van der Waals surface area contributed by atoms with Crippen LogP contribution in [0.2, 0.25) is 0 Å². The minimum Gasteiger partial charge on any atom is -0.275 e. The van der Waals surface area contributed by atoms with Gasteiger partial charge in [-0.1, -0.05) is 0 Å². The third-order valence-corrected chi connectivity index (χ3v) is 2.65. The van der Waals surface area contributed by atoms with Crippen LogP contribution < -0.4 is 5.69 Å². The maximum Gasteiger partial charge on any atom is 0.340 e. The van der Waals surface area contributed by atoms with Crippen molar-refractivity contribution in [3.05, 3.63) is 35.3 Å². The van der Waals surface area contributed by atoms with Gasteiger partial charge in [-0.25, -0.2) is 29.4 Å². The van der Waals surface area contributed by atoms with Gasteiger partial charge in [0, 0.05) is 12.4 Å². The number of nitrogens with one attached hydrogen (secondary N) is 2. The fourth-order valence-corrected chi connectivity index (χ4v) is 1.84. The van der Waals surface area contributed by atoms with Crippen molar-refractivity contribution in [2.45, 2.75) is 0 Å². The molecule has 0 unspecified atom stereocenters. The molecule has 0 aliphatic heterocycles. The molecule has 92 valence electrons. The minimum atomic E-state index is -0.331. The number of hydrogen-bond donors (Lipinski definition) is 2. The molecule has 0 bridgehead atoms. The smallest absolute Gasteiger partial charge is 0.275 e. The molecule has 2 N–H and O–H groups in total. The maximum atomic E-state index is 11.2. The highest BCUT2D eigenvalue weighted by Gasteiger charge is 2.11. The zero-order valence-electron chi connectivity index (χ0n) is 9.40. The van der Waals surface area contributed by atoms with E-state index < -0.39 is 0 Å². The standard InChI is InChI=1S/C10H6N8O/c19-10-16-9-15-8-6(18(9)17-10)4-13-7(14-8)5-3-11-1-2-12-5/h1-4H,(H2,13,14,15,16,17,19). The molecule has 0 atom stereocenters. The highest BCUT2D eigenvalue weighted by molar-refractivity contribution is 5.75. The van der Waals surface area contributed by atoms with Crippen molar-refractivity contribution in [1.82, 2.24) is 39.5 Å². The van der Waals surface area contributed by atoms with Gasteiger partial charge in [-0.05, 0) is 0 Å². The van der Waals surface area contributed by atoms with Gasteiger partial charge in [0.15, 0.2) is 11.5 Å². The first-order chi connectivity index (χ1) is 9.31. The Balaban J connectivity index is 1.99. The topological polar surface area (TPSA) is 118 Å². The van der Waals surface area contributed by atoms with Crippen LogP contribution >= 0.6 is 0 Å². The van der Waals surface area contributed by atoms with E-state index in [1.54, 1.807) is 24.8 Å². The Morgan fingerprint density at radius 2 is 2.05 bits per heavy atom. The zero-order valence-corrected chi connectivity index (χ0v) is 9.40. The highest BCUT2D eigenvalue weighted by Crippen LogP contribution is 2.15. The first-order valence-corrected chi connectivity index (χ1v) is 5.41. The second kappa shape index (κ2) is 3.45. The Labute approximate surface area is 104 Å². The number of rotatable bonds is 1. The summed E-state index contributed by atoms with van der Waals surface area (Å²) in [7, 11) is 0. The van der Waals surface area contributed by atoms with Gasteiger partial charge in [0.1, 0.15) is 11.2 Å². The van der Waals surface area contributed by atoms with Crippen LogP contribution in [0.25, 0.3) is 28.5 Å². The van der Waals surface area contributed by atoms with Gasteiger partial charge >= 0.3 is 5.69 Å². The summed E-state index contributed by atoms with van der Waals surface area (Å²) in [6.07, 6.45) is 6.30. The van der Waals surface area contributed by atoms with Crippen LogP contribution in [0.3, 0.4) is 0 Å². The number of imidazole rings is 1. The minimum absolute atomic E-state index is 0.331. The molecule has 0 amide bonds. The molecule has 4 rings (SSSR count). The molecule has 0 fully saturated rings. The van der Waals surface area contributed by atoms with Gasteiger partial charge in [0.25, 0.3) is 0 Å². The first-order valence-electron chi connectivity index (χ1n) is 5.41. The van der Waals surface area contributed by atoms with Crippen LogP contribution in [-0.4, -0.2) is 39.5 Å². The van der Waals surface area contributed by atoms with Gasteiger partial charge in [-0.3, -0.25) is 9.97 Å². The van der Waals surface area contributed by atoms with E-state index >= 15 is 0 Å². The predicted octanol–water partition coefficient (Wildman–Crippen LogP) is -0.249. The molecule has 4 aromatic rings. The Morgan fingerprint density at radius 3 is 2.89 bits per heavy atom. The van der Waals surface area contributed by atoms with Gasteiger partial charge in [-0.15, -0.1) is 0 Å². The van der Waals surface area contributed by atoms with E-state index in [0.717, 1.165) is 0 Å². The summed E-state index contributed by atoms with van der Waals surface area (Å²) in [5, 5.41) is 2.58. The fourth-order valence-electron chi connectivity index (χ4n) is 1.84. The van der Waals surface area contributed by atoms with E-state index in [-0.39, 0.29) is 5.69 Å². The molecular weight excluding hydrogens is 248 g/mol. The lowest BCUT2D eigenvalue weighted by atomic mass is 10.4. The lowest BCUT2D eigenvalue weighted by Gasteiger charge is -1.96. The van der Waals surface area contributed by atoms with Crippen molar-refractivity contribution in [3.63, 3.8) is 0 Å². The highest BCUT2D eigenvalue weighted by atomic mass is 16.1. The van der Waals surface area contributed by atoms with Crippen molar-refractivity contribution in [2.75, 3.05) is 0 Å². The van der Waals surface area contributed by atoms with Gasteiger partial charge in [0.05, 0.1) is 12.4 Å². The molecule has 4 aromatic heterocycles. The van der Waals surface area contributed by atoms with E-state index in [1.807, 2.05) is 0 Å². The third kappa shape index (κ3) is 1.41. The molecule has 0 radical (unpaired) electrons. The lowest BCUT2D eigenvalue weighted by Crippen LogP contribution is -2.03. The van der Waals surface area contributed by atoms with Crippen molar-refractivity contribution >= 4 is 16.9 Å². The van der Waals surface area contributed by atoms with Gasteiger partial charge < -0.3 is 0 Å². The molecule has 4 heterocycles. The molecule has 9 heteroatoms. The normalized spacial score (nSPS) is 11.4. The molecule has 0 aromatic carbocycles. The lowest BCUT2D eigenvalue weighted by molar-refractivity contribution is 0.970. The summed E-state index contributed by atoms with van der Waals surface area (Å²) in [5.74, 6) is 0.828. The van der Waals surface area contributed by atoms with Crippen LogP contribution in [0.5, 0.6) is 0 Å². The molecule has 0 aliphatic rings. The number of hydrogen-bond acceptors (Lipinski definition) is 6. The van der Waals surface area contributed by atoms with Crippen molar-refractivity contribution in [1.29, 1.82) is 0 Å². The van der Waals surface area contributed by atoms with Crippen molar-refractivity contribution < 1.29 is 0 Å². The molecular formula is C10H6N8O. The number of H-pyrrole nitrogens is 2. The molecule has 0 saturated carbocycles. The van der Waals surface area contributed by atoms with Crippen LogP contribution in [0.1, 0.15) is 0 Å². The van der Waals surface area contributed by atoms with Crippen LogP contribution in [-0.2, 0) is 0 Å². The van der Waals surface area contributed by atoms with Crippen molar-refractivity contribution in [2.24, 2.45) is 0 Å². The average Bonchev–Trinajstić information content (AvgIpc) is 2.95. The summed E-state index contributed by atoms with van der Waals surface area (Å²) in [5.41, 5.74) is 1.32. The summed E-state index contributed by atoms with van der Waals surface area (Å²) in [4.78, 5) is 34.5. The number of nitrogens with zero attached hydrogens (tertiary/aromatic N) is 6. The quantitative estimate of drug-likeness (QED) is 0.483. The summed E-state index contributed by atoms with van der Waals surface area (Å²) >= 11 is 0. The maximum absolute atomic E-state index is 11.2. The first kappa shape index (κ1) is 9.88. The largest absolute Gasteiger partial charge is 0.340 e. The Morgan fingerprint density at radius 1 is 1.11 bits per heavy atom. The van der Waals surface area contributed by atoms with E-state index in [4.69, 9.17) is 0 Å². The summed E-state index contributed by atoms with van der Waals surface area (Å²) < 4.78 is 1.50. The van der Waals surface area contributed by atoms with E-state index in [2.05, 4.69) is 35.0 Å². The fraction of sp³-hybridized carbons (Fsp3) is 0. The van der Waals surface area contributed by atoms with E-state index in [9.17, 15) is 4.79 Å². The summed E-state index contributed by atoms with van der Waals surface area (Å²) in [6, 6.07) is 0. The van der Waals surface area contributed by atoms with Crippen LogP contribution in [0.15, 0.2) is 29.6 Å². The van der Waals surface area contributed by atoms with Gasteiger partial charge in [-0.2, -0.15) is 4.98 Å². The van der Waals surface area contributed by atoms with E-state index in [1.165, 1.54) is 4.52 Å². The van der Waals surface area contributed by atoms with Crippen LogP contribution in [0, 0.1) is 0 Å². The molecule has 0 spiro atoms. The monoisotopic (exact) mass is 254 g/mol. The Kier molecular flexibility index (Phi) is 1.79. The molecule has 0 aliphatic carbocycles. The van der Waals surface area contributed by atoms with Gasteiger partial charge in [0.2, 0.25) is 5.78 Å². The average molecular weight is 254 g/mol. The molecule has 19 heavy (non-hydrogen) atoms. The third-order valence-electron chi connectivity index (χ3n) is 2.65. The number of aromatic amines is 2.